The summed E-state index contributed by atoms with van der Waals surface area (Å²) in [7, 11) is 0. The fourth-order valence-corrected chi connectivity index (χ4v) is 4.29. The minimum Gasteiger partial charge on any atom is -0.352 e. The molecule has 0 unspecified atom stereocenters. The van der Waals surface area contributed by atoms with Crippen LogP contribution in [0.15, 0.2) is 48.5 Å². The van der Waals surface area contributed by atoms with Crippen LogP contribution in [0.1, 0.15) is 50.3 Å². The highest BCUT2D eigenvalue weighted by atomic mass is 35.5. The van der Waals surface area contributed by atoms with E-state index in [4.69, 9.17) is 11.6 Å². The van der Waals surface area contributed by atoms with Gasteiger partial charge in [-0.3, -0.25) is 9.59 Å². The zero-order chi connectivity index (χ0) is 22.8. The predicted octanol–water partition coefficient (Wildman–Crippen LogP) is 5.60. The first kappa shape index (κ1) is 25.3. The van der Waals surface area contributed by atoms with E-state index in [0.717, 1.165) is 17.5 Å². The molecule has 0 aliphatic heterocycles. The van der Waals surface area contributed by atoms with E-state index < -0.39 is 6.04 Å². The van der Waals surface area contributed by atoms with Crippen molar-refractivity contribution in [3.8, 4) is 0 Å². The zero-order valence-corrected chi connectivity index (χ0v) is 20.4. The molecule has 0 saturated carbocycles. The van der Waals surface area contributed by atoms with E-state index >= 15 is 0 Å². The van der Waals surface area contributed by atoms with Crippen molar-refractivity contribution in [2.24, 2.45) is 0 Å². The van der Waals surface area contributed by atoms with E-state index in [1.54, 1.807) is 16.7 Å². The molecule has 0 fully saturated rings. The first-order valence-electron chi connectivity index (χ1n) is 10.8. The molecule has 0 spiro atoms. The molecule has 0 radical (unpaired) electrons. The van der Waals surface area contributed by atoms with Crippen molar-refractivity contribution in [1.29, 1.82) is 0 Å². The van der Waals surface area contributed by atoms with Gasteiger partial charge in [0.05, 0.1) is 5.75 Å². The Balaban J connectivity index is 2.13. The summed E-state index contributed by atoms with van der Waals surface area (Å²) in [6.45, 7) is 8.43. The molecular weight excluding hydrogens is 428 g/mol. The van der Waals surface area contributed by atoms with Gasteiger partial charge in [-0.25, -0.2) is 0 Å². The highest BCUT2D eigenvalue weighted by Gasteiger charge is 2.29. The topological polar surface area (TPSA) is 49.4 Å². The van der Waals surface area contributed by atoms with Gasteiger partial charge in [0.25, 0.3) is 0 Å². The lowest BCUT2D eigenvalue weighted by atomic mass is 10.1. The Morgan fingerprint density at radius 3 is 2.39 bits per heavy atom. The number of hydrogen-bond acceptors (Lipinski definition) is 3. The molecule has 4 nitrogen and oxygen atoms in total. The Morgan fingerprint density at radius 2 is 1.77 bits per heavy atom. The molecule has 168 valence electrons. The first-order valence-corrected chi connectivity index (χ1v) is 12.3. The SMILES string of the molecule is CC[C@@H](C)NC(=O)[C@H](CC)N(Cc1ccc(C)cc1)C(=O)CSCc1cccc(Cl)c1. The van der Waals surface area contributed by atoms with Gasteiger partial charge in [-0.1, -0.05) is 67.4 Å². The number of nitrogens with zero attached hydrogens (tertiary/aromatic N) is 1. The first-order chi connectivity index (χ1) is 14.8. The highest BCUT2D eigenvalue weighted by Crippen LogP contribution is 2.19. The molecule has 0 bridgehead atoms. The molecule has 0 saturated heterocycles. The second-order valence-electron chi connectivity index (χ2n) is 7.87. The maximum absolute atomic E-state index is 13.2. The number of amides is 2. The summed E-state index contributed by atoms with van der Waals surface area (Å²) in [6.07, 6.45) is 1.42. The van der Waals surface area contributed by atoms with E-state index in [9.17, 15) is 9.59 Å². The Kier molecular flexibility index (Phi) is 10.4. The third kappa shape index (κ3) is 8.23. The maximum atomic E-state index is 13.2. The highest BCUT2D eigenvalue weighted by molar-refractivity contribution is 7.99. The van der Waals surface area contributed by atoms with Crippen molar-refractivity contribution in [3.05, 3.63) is 70.2 Å². The molecule has 2 rings (SSSR count). The van der Waals surface area contributed by atoms with Gasteiger partial charge in [-0.2, -0.15) is 0 Å². The Bertz CT molecular complexity index is 857. The van der Waals surface area contributed by atoms with Crippen LogP contribution >= 0.6 is 23.4 Å². The van der Waals surface area contributed by atoms with Crippen LogP contribution < -0.4 is 5.32 Å². The minimum atomic E-state index is -0.491. The van der Waals surface area contributed by atoms with Crippen LogP contribution in [0, 0.1) is 6.92 Å². The summed E-state index contributed by atoms with van der Waals surface area (Å²) >= 11 is 7.60. The second-order valence-corrected chi connectivity index (χ2v) is 9.29. The van der Waals surface area contributed by atoms with Crippen molar-refractivity contribution in [2.45, 2.75) is 64.9 Å². The van der Waals surface area contributed by atoms with Crippen LogP contribution in [0.4, 0.5) is 0 Å². The van der Waals surface area contributed by atoms with Crippen molar-refractivity contribution >= 4 is 35.2 Å². The number of aryl methyl sites for hydroxylation is 1. The monoisotopic (exact) mass is 460 g/mol. The largest absolute Gasteiger partial charge is 0.352 e. The zero-order valence-electron chi connectivity index (χ0n) is 18.9. The standard InChI is InChI=1S/C25H33ClN2O2S/c1-5-19(4)27-25(30)23(6-2)28(15-20-12-10-18(3)11-13-20)24(29)17-31-16-21-8-7-9-22(26)14-21/h7-14,19,23H,5-6,15-17H2,1-4H3,(H,27,30)/t19-,23+/m1/s1. The van der Waals surface area contributed by atoms with Gasteiger partial charge in [-0.15, -0.1) is 11.8 Å². The van der Waals surface area contributed by atoms with Gasteiger partial charge in [0.15, 0.2) is 0 Å². The minimum absolute atomic E-state index is 0.0289. The lowest BCUT2D eigenvalue weighted by Gasteiger charge is -2.31. The molecule has 0 aliphatic carbocycles. The van der Waals surface area contributed by atoms with Crippen LogP contribution in [0.25, 0.3) is 0 Å². The maximum Gasteiger partial charge on any atom is 0.243 e. The van der Waals surface area contributed by atoms with Gasteiger partial charge >= 0.3 is 0 Å². The van der Waals surface area contributed by atoms with E-state index in [0.29, 0.717) is 29.5 Å². The van der Waals surface area contributed by atoms with E-state index in [1.165, 1.54) is 5.56 Å². The number of thioether (sulfide) groups is 1. The summed E-state index contributed by atoms with van der Waals surface area (Å²) in [5.41, 5.74) is 3.27. The van der Waals surface area contributed by atoms with E-state index in [-0.39, 0.29) is 17.9 Å². The van der Waals surface area contributed by atoms with Crippen molar-refractivity contribution in [1.82, 2.24) is 10.2 Å². The molecular formula is C25H33ClN2O2S. The van der Waals surface area contributed by atoms with Gasteiger partial charge in [0, 0.05) is 23.4 Å². The summed E-state index contributed by atoms with van der Waals surface area (Å²) in [5.74, 6) is 0.891. The lowest BCUT2D eigenvalue weighted by molar-refractivity contribution is -0.139. The molecule has 0 heterocycles. The fraction of sp³-hybridized carbons (Fsp3) is 0.440. The molecule has 2 aromatic carbocycles. The molecule has 31 heavy (non-hydrogen) atoms. The summed E-state index contributed by atoms with van der Waals surface area (Å²) in [5, 5.41) is 3.74. The molecule has 2 atom stereocenters. The summed E-state index contributed by atoms with van der Waals surface area (Å²) in [4.78, 5) is 27.9. The van der Waals surface area contributed by atoms with Crippen LogP contribution in [0.3, 0.4) is 0 Å². The third-order valence-electron chi connectivity index (χ3n) is 5.24. The Hall–Kier alpha value is -1.98. The smallest absolute Gasteiger partial charge is 0.243 e. The molecule has 6 heteroatoms. The Morgan fingerprint density at radius 1 is 1.06 bits per heavy atom. The van der Waals surface area contributed by atoms with Crippen molar-refractivity contribution < 1.29 is 9.59 Å². The van der Waals surface area contributed by atoms with Crippen LogP contribution in [0.2, 0.25) is 5.02 Å². The number of benzene rings is 2. The van der Waals surface area contributed by atoms with Crippen molar-refractivity contribution in [2.75, 3.05) is 5.75 Å². The molecule has 2 aromatic rings. The van der Waals surface area contributed by atoms with Gasteiger partial charge in [0.1, 0.15) is 6.04 Å². The Labute approximate surface area is 195 Å². The molecule has 2 amide bonds. The number of hydrogen-bond donors (Lipinski definition) is 1. The average molecular weight is 461 g/mol. The predicted molar refractivity (Wildman–Crippen MR) is 131 cm³/mol. The summed E-state index contributed by atoms with van der Waals surface area (Å²) < 4.78 is 0. The van der Waals surface area contributed by atoms with Crippen LogP contribution in [-0.2, 0) is 21.9 Å². The summed E-state index contributed by atoms with van der Waals surface area (Å²) in [6, 6.07) is 15.4. The van der Waals surface area contributed by atoms with Gasteiger partial charge in [0.2, 0.25) is 11.8 Å². The molecule has 0 aliphatic rings. The third-order valence-corrected chi connectivity index (χ3v) is 6.47. The molecule has 1 N–H and O–H groups in total. The van der Waals surface area contributed by atoms with E-state index in [1.807, 2.05) is 76.2 Å². The fourth-order valence-electron chi connectivity index (χ4n) is 3.22. The number of carbonyl (C=O) groups is 2. The number of nitrogens with one attached hydrogen (secondary N) is 1. The average Bonchev–Trinajstić information content (AvgIpc) is 2.74. The lowest BCUT2D eigenvalue weighted by Crippen LogP contribution is -2.51. The number of halogens is 1. The van der Waals surface area contributed by atoms with Crippen LogP contribution in [0.5, 0.6) is 0 Å². The van der Waals surface area contributed by atoms with Crippen LogP contribution in [-0.4, -0.2) is 34.6 Å². The quantitative estimate of drug-likeness (QED) is 0.474. The molecule has 0 aromatic heterocycles. The number of carbonyl (C=O) groups excluding carboxylic acids is 2. The van der Waals surface area contributed by atoms with Crippen molar-refractivity contribution in [3.63, 3.8) is 0 Å². The second kappa shape index (κ2) is 12.8. The van der Waals surface area contributed by atoms with Gasteiger partial charge < -0.3 is 10.2 Å². The number of rotatable bonds is 11. The van der Waals surface area contributed by atoms with E-state index in [2.05, 4.69) is 5.32 Å². The normalized spacial score (nSPS) is 12.8. The van der Waals surface area contributed by atoms with Gasteiger partial charge in [-0.05, 0) is 49.9 Å².